The molecule has 2 N–H and O–H groups in total. The number of nitriles is 1. The maximum absolute atomic E-state index is 12.3. The highest BCUT2D eigenvalue weighted by Crippen LogP contribution is 2.34. The number of aromatic nitrogens is 3. The van der Waals surface area contributed by atoms with E-state index in [1.165, 1.54) is 6.33 Å². The summed E-state index contributed by atoms with van der Waals surface area (Å²) in [5.41, 5.74) is 0.189. The molecule has 2 aromatic rings. The van der Waals surface area contributed by atoms with Crippen LogP contribution in [0.1, 0.15) is 33.1 Å². The maximum atomic E-state index is 12.3. The first kappa shape index (κ1) is 15.3. The van der Waals surface area contributed by atoms with E-state index in [4.69, 9.17) is 5.26 Å². The van der Waals surface area contributed by atoms with Crippen molar-refractivity contribution in [3.63, 3.8) is 0 Å². The largest absolute Gasteiger partial charge is 0.347 e. The molecule has 1 aliphatic rings. The fourth-order valence-electron chi connectivity index (χ4n) is 3.40. The molecule has 1 aliphatic heterocycles. The molecule has 0 bridgehead atoms. The number of nitrogens with one attached hydrogen (secondary N) is 2. The van der Waals surface area contributed by atoms with Gasteiger partial charge in [-0.05, 0) is 31.7 Å². The van der Waals surface area contributed by atoms with Gasteiger partial charge in [-0.25, -0.2) is 9.97 Å². The molecule has 3 rings (SSSR count). The molecular weight excluding hydrogens is 292 g/mol. The van der Waals surface area contributed by atoms with E-state index in [2.05, 4.69) is 27.2 Å². The molecule has 23 heavy (non-hydrogen) atoms. The first-order valence-corrected chi connectivity index (χ1v) is 7.77. The van der Waals surface area contributed by atoms with Crippen molar-refractivity contribution in [2.75, 3.05) is 11.9 Å². The van der Waals surface area contributed by atoms with Gasteiger partial charge in [0.25, 0.3) is 0 Å². The molecule has 3 heterocycles. The van der Waals surface area contributed by atoms with E-state index in [1.807, 2.05) is 25.3 Å². The lowest BCUT2D eigenvalue weighted by molar-refractivity contribution is -0.137. The molecule has 1 amide bonds. The number of carbonyl (C=O) groups is 1. The van der Waals surface area contributed by atoms with Crippen LogP contribution < -0.4 is 5.32 Å². The number of carbonyl (C=O) groups excluding carboxylic acids is 1. The molecule has 7 nitrogen and oxygen atoms in total. The maximum Gasteiger partial charge on any atom is 0.238 e. The summed E-state index contributed by atoms with van der Waals surface area (Å²) in [5, 5.41) is 13.2. The first-order valence-electron chi connectivity index (χ1n) is 7.77. The Kier molecular flexibility index (Phi) is 3.90. The Labute approximate surface area is 134 Å². The lowest BCUT2D eigenvalue weighted by Crippen LogP contribution is -2.59. The number of aromatic amines is 1. The third kappa shape index (κ3) is 2.84. The van der Waals surface area contributed by atoms with Gasteiger partial charge < -0.3 is 15.2 Å². The number of hydrogen-bond donors (Lipinski definition) is 2. The predicted molar refractivity (Wildman–Crippen MR) is 86.3 cm³/mol. The zero-order chi connectivity index (χ0) is 16.4. The smallest absolute Gasteiger partial charge is 0.238 e. The summed E-state index contributed by atoms with van der Waals surface area (Å²) in [6, 6.07) is 3.86. The quantitative estimate of drug-likeness (QED) is 0.906. The summed E-state index contributed by atoms with van der Waals surface area (Å²) < 4.78 is 0. The molecule has 1 saturated heterocycles. The van der Waals surface area contributed by atoms with Crippen LogP contribution in [-0.2, 0) is 4.79 Å². The Morgan fingerprint density at radius 3 is 3.22 bits per heavy atom. The second-order valence-corrected chi connectivity index (χ2v) is 6.34. The van der Waals surface area contributed by atoms with Crippen LogP contribution in [0.3, 0.4) is 0 Å². The summed E-state index contributed by atoms with van der Waals surface area (Å²) >= 11 is 0. The normalized spacial score (nSPS) is 24.4. The van der Waals surface area contributed by atoms with E-state index in [0.717, 1.165) is 23.9 Å². The van der Waals surface area contributed by atoms with Crippen molar-refractivity contribution >= 4 is 22.8 Å². The molecule has 0 spiro atoms. The Morgan fingerprint density at radius 2 is 2.43 bits per heavy atom. The van der Waals surface area contributed by atoms with E-state index in [-0.39, 0.29) is 12.3 Å². The van der Waals surface area contributed by atoms with Gasteiger partial charge in [0.05, 0.1) is 11.5 Å². The molecule has 1 fully saturated rings. The number of H-pyrrole nitrogens is 1. The highest BCUT2D eigenvalue weighted by molar-refractivity contribution is 5.87. The van der Waals surface area contributed by atoms with Crippen LogP contribution >= 0.6 is 0 Å². The minimum atomic E-state index is -0.565. The lowest BCUT2D eigenvalue weighted by atomic mass is 9.88. The molecule has 2 atom stereocenters. The second kappa shape index (κ2) is 5.88. The van der Waals surface area contributed by atoms with Crippen molar-refractivity contribution in [3.8, 4) is 6.07 Å². The topological polar surface area (TPSA) is 97.7 Å². The van der Waals surface area contributed by atoms with Crippen molar-refractivity contribution in [1.82, 2.24) is 19.9 Å². The van der Waals surface area contributed by atoms with E-state index in [9.17, 15) is 4.79 Å². The molecule has 0 aliphatic carbocycles. The van der Waals surface area contributed by atoms with Gasteiger partial charge in [-0.3, -0.25) is 4.79 Å². The fourth-order valence-corrected chi connectivity index (χ4v) is 3.40. The highest BCUT2D eigenvalue weighted by Gasteiger charge is 2.40. The molecule has 0 radical (unpaired) electrons. The van der Waals surface area contributed by atoms with Crippen LogP contribution in [0.25, 0.3) is 11.0 Å². The summed E-state index contributed by atoms with van der Waals surface area (Å²) in [6.45, 7) is 4.82. The molecule has 1 unspecified atom stereocenters. The van der Waals surface area contributed by atoms with Crippen LogP contribution in [0.4, 0.5) is 5.82 Å². The Hall–Kier alpha value is -2.62. The molecule has 2 aromatic heterocycles. The van der Waals surface area contributed by atoms with Crippen molar-refractivity contribution < 1.29 is 4.79 Å². The third-order valence-electron chi connectivity index (χ3n) is 4.46. The minimum absolute atomic E-state index is 0.102. The number of amides is 1. The zero-order valence-electron chi connectivity index (χ0n) is 13.3. The van der Waals surface area contributed by atoms with Gasteiger partial charge in [-0.1, -0.05) is 6.92 Å². The predicted octanol–water partition coefficient (Wildman–Crippen LogP) is 2.26. The van der Waals surface area contributed by atoms with Crippen molar-refractivity contribution in [3.05, 3.63) is 18.6 Å². The van der Waals surface area contributed by atoms with Crippen LogP contribution in [-0.4, -0.2) is 38.0 Å². The van der Waals surface area contributed by atoms with E-state index in [1.54, 1.807) is 4.90 Å². The van der Waals surface area contributed by atoms with Crippen molar-refractivity contribution in [1.29, 1.82) is 5.26 Å². The summed E-state index contributed by atoms with van der Waals surface area (Å²) in [5.74, 6) is 1.04. The monoisotopic (exact) mass is 312 g/mol. The number of rotatable bonds is 3. The second-order valence-electron chi connectivity index (χ2n) is 6.34. The van der Waals surface area contributed by atoms with Gasteiger partial charge >= 0.3 is 0 Å². The fraction of sp³-hybridized carbons (Fsp3) is 0.500. The molecule has 0 saturated carbocycles. The SMILES string of the molecule is C[C@@H]1CCN(C(=O)CC#N)C(C)(Nc2ncnc3[nH]ccc23)C1. The average molecular weight is 312 g/mol. The summed E-state index contributed by atoms with van der Waals surface area (Å²) in [6.07, 6.45) is 4.96. The number of nitrogens with zero attached hydrogens (tertiary/aromatic N) is 4. The summed E-state index contributed by atoms with van der Waals surface area (Å²) in [7, 11) is 0. The highest BCUT2D eigenvalue weighted by atomic mass is 16.2. The van der Waals surface area contributed by atoms with E-state index < -0.39 is 5.66 Å². The zero-order valence-corrected chi connectivity index (χ0v) is 13.3. The molecule has 120 valence electrons. The number of piperidine rings is 1. The lowest BCUT2D eigenvalue weighted by Gasteiger charge is -2.47. The van der Waals surface area contributed by atoms with Crippen molar-refractivity contribution in [2.24, 2.45) is 5.92 Å². The minimum Gasteiger partial charge on any atom is -0.347 e. The molecule has 7 heteroatoms. The molecule has 0 aromatic carbocycles. The Bertz CT molecular complexity index is 763. The number of anilines is 1. The van der Waals surface area contributed by atoms with Gasteiger partial charge in [0.1, 0.15) is 29.9 Å². The van der Waals surface area contributed by atoms with Gasteiger partial charge in [0.15, 0.2) is 0 Å². The van der Waals surface area contributed by atoms with Crippen LogP contribution in [0.5, 0.6) is 0 Å². The average Bonchev–Trinajstić information content (AvgIpc) is 2.96. The standard InChI is InChI=1S/C16H20N6O/c1-11-5-8-22(13(23)3-6-17)16(2,9-11)21-15-12-4-7-18-14(12)19-10-20-15/h4,7,10-11H,3,5,8-9H2,1-2H3,(H2,18,19,20,21)/t11-,16?/m1/s1. The number of hydrogen-bond acceptors (Lipinski definition) is 5. The van der Waals surface area contributed by atoms with E-state index >= 15 is 0 Å². The number of likely N-dealkylation sites (tertiary alicyclic amines) is 1. The Morgan fingerprint density at radius 1 is 1.61 bits per heavy atom. The Balaban J connectivity index is 1.94. The third-order valence-corrected chi connectivity index (χ3v) is 4.46. The van der Waals surface area contributed by atoms with Gasteiger partial charge in [0, 0.05) is 12.7 Å². The van der Waals surface area contributed by atoms with Gasteiger partial charge in [0.2, 0.25) is 5.91 Å². The number of fused-ring (bicyclic) bond motifs is 1. The van der Waals surface area contributed by atoms with Crippen LogP contribution in [0.15, 0.2) is 18.6 Å². The summed E-state index contributed by atoms with van der Waals surface area (Å²) in [4.78, 5) is 25.7. The van der Waals surface area contributed by atoms with E-state index in [0.29, 0.717) is 18.3 Å². The molecular formula is C16H20N6O. The van der Waals surface area contributed by atoms with Crippen LogP contribution in [0.2, 0.25) is 0 Å². The van der Waals surface area contributed by atoms with Gasteiger partial charge in [-0.15, -0.1) is 0 Å². The first-order chi connectivity index (χ1) is 11.0. The van der Waals surface area contributed by atoms with Gasteiger partial charge in [-0.2, -0.15) is 5.26 Å². The van der Waals surface area contributed by atoms with Crippen LogP contribution in [0, 0.1) is 17.2 Å². The van der Waals surface area contributed by atoms with Crippen molar-refractivity contribution in [2.45, 2.75) is 38.8 Å².